The molecule has 7 rings (SSSR count). The van der Waals surface area contributed by atoms with Crippen LogP contribution in [0.4, 0.5) is 0 Å². The average Bonchev–Trinajstić information content (AvgIpc) is 2.97. The van der Waals surface area contributed by atoms with Crippen molar-refractivity contribution in [2.45, 2.75) is 6.17 Å². The first-order valence-electron chi connectivity index (χ1n) is 12.7. The number of nitrogens with one attached hydrogen (secondary N) is 3. The van der Waals surface area contributed by atoms with Crippen LogP contribution in [0.25, 0.3) is 33.2 Å². The fourth-order valence-electron chi connectivity index (χ4n) is 5.01. The number of fused-ring (bicyclic) bond motifs is 1. The van der Waals surface area contributed by atoms with Gasteiger partial charge >= 0.3 is 0 Å². The lowest BCUT2D eigenvalue weighted by Crippen LogP contribution is -2.33. The van der Waals surface area contributed by atoms with Gasteiger partial charge in [0.15, 0.2) is 5.84 Å². The number of hydrogen-bond donors (Lipinski definition) is 3. The third kappa shape index (κ3) is 4.00. The fraction of sp³-hybridized carbons (Fsp3) is 0.0303. The normalized spacial score (nSPS) is 15.1. The molecule has 182 valence electrons. The van der Waals surface area contributed by atoms with E-state index in [2.05, 4.69) is 100 Å². The lowest BCUT2D eigenvalue weighted by molar-refractivity contribution is 0.674. The predicted molar refractivity (Wildman–Crippen MR) is 155 cm³/mol. The number of rotatable bonds is 5. The number of aliphatic imine (C=N–C) groups is 2. The van der Waals surface area contributed by atoms with Crippen LogP contribution in [0, 0.1) is 0 Å². The van der Waals surface area contributed by atoms with Crippen LogP contribution < -0.4 is 5.32 Å². The zero-order chi connectivity index (χ0) is 25.3. The van der Waals surface area contributed by atoms with Crippen LogP contribution in [-0.2, 0) is 0 Å². The Morgan fingerprint density at radius 3 is 2.00 bits per heavy atom. The Hall–Kier alpha value is -5.16. The summed E-state index contributed by atoms with van der Waals surface area (Å²) in [7, 11) is 0. The second-order valence-electron chi connectivity index (χ2n) is 9.35. The van der Waals surface area contributed by atoms with Gasteiger partial charge in [-0.3, -0.25) is 5.10 Å². The first kappa shape index (κ1) is 22.1. The molecule has 0 saturated heterocycles. The number of amidine groups is 2. The molecular weight excluding hydrogens is 466 g/mol. The van der Waals surface area contributed by atoms with Crippen molar-refractivity contribution in [2.75, 3.05) is 0 Å². The Kier molecular flexibility index (Phi) is 5.44. The minimum absolute atomic E-state index is 0.251. The zero-order valence-electron chi connectivity index (χ0n) is 20.6. The Morgan fingerprint density at radius 2 is 1.29 bits per heavy atom. The number of hydrogen-bond acceptors (Lipinski definition) is 3. The number of H-pyrrole nitrogens is 2. The van der Waals surface area contributed by atoms with Crippen molar-refractivity contribution in [3.63, 3.8) is 0 Å². The lowest BCUT2D eigenvalue weighted by Gasteiger charge is -2.24. The van der Waals surface area contributed by atoms with Gasteiger partial charge in [-0.25, -0.2) is 9.98 Å². The van der Waals surface area contributed by atoms with Crippen LogP contribution in [0.1, 0.15) is 22.9 Å². The quantitative estimate of drug-likeness (QED) is 0.232. The molecule has 0 aliphatic carbocycles. The van der Waals surface area contributed by atoms with Gasteiger partial charge in [0.25, 0.3) is 0 Å². The molecular formula is C33H25N5. The van der Waals surface area contributed by atoms with Crippen molar-refractivity contribution in [3.05, 3.63) is 144 Å². The Morgan fingerprint density at radius 1 is 0.605 bits per heavy atom. The predicted octanol–water partition coefficient (Wildman–Crippen LogP) is 7.33. The Bertz CT molecular complexity index is 1770. The maximum absolute atomic E-state index is 5.01. The smallest absolute Gasteiger partial charge is 0.159 e. The number of aromatic nitrogens is 2. The van der Waals surface area contributed by atoms with Crippen LogP contribution in [0.3, 0.4) is 0 Å². The number of benzene rings is 5. The van der Waals surface area contributed by atoms with Gasteiger partial charge in [0, 0.05) is 22.9 Å². The number of aromatic amines is 2. The molecule has 1 aliphatic rings. The van der Waals surface area contributed by atoms with E-state index in [1.54, 1.807) is 0 Å². The Labute approximate surface area is 220 Å². The van der Waals surface area contributed by atoms with E-state index in [0.717, 1.165) is 39.6 Å². The minimum atomic E-state index is -0.251. The van der Waals surface area contributed by atoms with Crippen LogP contribution in [0.2, 0.25) is 0 Å². The van der Waals surface area contributed by atoms with Crippen molar-refractivity contribution < 1.29 is 0 Å². The van der Waals surface area contributed by atoms with Gasteiger partial charge in [-0.1, -0.05) is 121 Å². The molecule has 0 radical (unpaired) electrons. The summed E-state index contributed by atoms with van der Waals surface area (Å²) in [5, 5.41) is 12.2. The largest absolute Gasteiger partial charge is 0.344 e. The molecule has 6 aromatic rings. The summed E-state index contributed by atoms with van der Waals surface area (Å²) in [4.78, 5) is 9.89. The van der Waals surface area contributed by atoms with Gasteiger partial charge in [0.2, 0.25) is 0 Å². The summed E-state index contributed by atoms with van der Waals surface area (Å²) >= 11 is 0. The molecule has 0 bridgehead atoms. The first-order valence-corrected chi connectivity index (χ1v) is 12.7. The summed E-state index contributed by atoms with van der Waals surface area (Å²) in [6, 6.07) is 42.0. The first-order chi connectivity index (χ1) is 18.8. The van der Waals surface area contributed by atoms with E-state index in [4.69, 9.17) is 9.98 Å². The summed E-state index contributed by atoms with van der Waals surface area (Å²) in [6.07, 6.45) is 1.75. The van der Waals surface area contributed by atoms with Gasteiger partial charge in [0.1, 0.15) is 12.0 Å². The highest BCUT2D eigenvalue weighted by molar-refractivity contribution is 6.13. The molecule has 1 unspecified atom stereocenters. The van der Waals surface area contributed by atoms with E-state index < -0.39 is 0 Å². The molecule has 38 heavy (non-hydrogen) atoms. The van der Waals surface area contributed by atoms with Crippen LogP contribution in [0.15, 0.2) is 138 Å². The van der Waals surface area contributed by atoms with Gasteiger partial charge in [-0.2, -0.15) is 0 Å². The highest BCUT2D eigenvalue weighted by Gasteiger charge is 2.21. The molecule has 1 aliphatic heterocycles. The molecule has 1 aromatic heterocycles. The molecule has 1 atom stereocenters. The van der Waals surface area contributed by atoms with Crippen LogP contribution >= 0.6 is 0 Å². The molecule has 0 fully saturated rings. The third-order valence-electron chi connectivity index (χ3n) is 6.98. The second kappa shape index (κ2) is 9.37. The molecule has 3 N–H and O–H groups in total. The molecule has 0 amide bonds. The van der Waals surface area contributed by atoms with Crippen LogP contribution in [-0.4, -0.2) is 21.9 Å². The maximum Gasteiger partial charge on any atom is 0.159 e. The molecule has 5 aromatic carbocycles. The topological polar surface area (TPSA) is 68.3 Å². The van der Waals surface area contributed by atoms with E-state index in [1.165, 1.54) is 21.9 Å². The van der Waals surface area contributed by atoms with Crippen molar-refractivity contribution in [2.24, 2.45) is 9.98 Å². The van der Waals surface area contributed by atoms with E-state index >= 15 is 0 Å². The monoisotopic (exact) mass is 491 g/mol. The van der Waals surface area contributed by atoms with E-state index in [9.17, 15) is 0 Å². The van der Waals surface area contributed by atoms with Crippen LogP contribution in [0.5, 0.6) is 0 Å². The van der Waals surface area contributed by atoms with Gasteiger partial charge < -0.3 is 10.4 Å². The van der Waals surface area contributed by atoms with Crippen molar-refractivity contribution in [3.8, 4) is 22.4 Å². The average molecular weight is 492 g/mol. The third-order valence-corrected chi connectivity index (χ3v) is 6.98. The van der Waals surface area contributed by atoms with Crippen molar-refractivity contribution in [1.29, 1.82) is 0 Å². The van der Waals surface area contributed by atoms with E-state index in [0.29, 0.717) is 0 Å². The molecule has 0 saturated carbocycles. The Balaban J connectivity index is 1.30. The van der Waals surface area contributed by atoms with E-state index in [1.807, 2.05) is 42.6 Å². The molecule has 5 heteroatoms. The maximum atomic E-state index is 5.01. The summed E-state index contributed by atoms with van der Waals surface area (Å²) < 4.78 is 0. The SMILES string of the molecule is c1ccc(C2=NC(c3ccc(-c4c(-c5c[nH][nH]5)ccc5ccccc45)cc3)NC(c3ccccc3)=N2)cc1. The zero-order valence-corrected chi connectivity index (χ0v) is 20.6. The van der Waals surface area contributed by atoms with Crippen molar-refractivity contribution >= 4 is 22.4 Å². The van der Waals surface area contributed by atoms with Gasteiger partial charge in [-0.05, 0) is 27.5 Å². The van der Waals surface area contributed by atoms with Gasteiger partial charge in [0.05, 0.1) is 5.69 Å². The standard InChI is InChI=1S/C33H25N5/c1-3-10-24(11-4-1)31-35-32(25-12-5-2-6-13-25)37-33(36-31)26-17-15-23(16-18-26)30-27-14-8-7-9-22(27)19-20-28(30)29-21-34-38-29/h1-21,33-34,38H,(H,35,36,37). The second-order valence-corrected chi connectivity index (χ2v) is 9.35. The summed E-state index contributed by atoms with van der Waals surface area (Å²) in [6.45, 7) is 0. The minimum Gasteiger partial charge on any atom is -0.344 e. The highest BCUT2D eigenvalue weighted by atomic mass is 15.2. The summed E-state index contributed by atoms with van der Waals surface area (Å²) in [5.74, 6) is 1.55. The molecule has 0 spiro atoms. The van der Waals surface area contributed by atoms with Gasteiger partial charge in [-0.15, -0.1) is 0 Å². The summed E-state index contributed by atoms with van der Waals surface area (Å²) in [5.41, 5.74) is 7.75. The lowest BCUT2D eigenvalue weighted by atomic mass is 9.91. The number of nitrogens with zero attached hydrogens (tertiary/aromatic N) is 2. The van der Waals surface area contributed by atoms with E-state index in [-0.39, 0.29) is 6.17 Å². The van der Waals surface area contributed by atoms with Crippen molar-refractivity contribution in [1.82, 2.24) is 15.5 Å². The molecule has 2 heterocycles. The highest BCUT2D eigenvalue weighted by Crippen LogP contribution is 2.38. The molecule has 5 nitrogen and oxygen atoms in total. The fourth-order valence-corrected chi connectivity index (χ4v) is 5.01.